The van der Waals surface area contributed by atoms with Gasteiger partial charge < -0.3 is 19.1 Å². The third kappa shape index (κ3) is 6.32. The maximum atomic E-state index is 12.9. The summed E-state index contributed by atoms with van der Waals surface area (Å²) in [4.78, 5) is 40.7. The molecule has 2 aliphatic rings. The average Bonchev–Trinajstić information content (AvgIpc) is 3.28. The van der Waals surface area contributed by atoms with Gasteiger partial charge in [-0.05, 0) is 33.6 Å². The molecule has 0 saturated carbocycles. The van der Waals surface area contributed by atoms with E-state index >= 15 is 0 Å². The standard InChI is InChI=1S/C22H34N2O6/c1-7-11-29-20(26)16(3)8-9-18(25)23-10-12-28-19(23)17-13-15(2)14-24(17)21(27)30-22(4,5)6/h7,16-17,19H,1-2,8-14H2,3-6H3/t16-,17-,19?/m0/s1. The first kappa shape index (κ1) is 23.9. The van der Waals surface area contributed by atoms with Crippen molar-refractivity contribution in [2.75, 3.05) is 26.3 Å². The molecule has 2 aliphatic heterocycles. The monoisotopic (exact) mass is 422 g/mol. The molecule has 0 bridgehead atoms. The van der Waals surface area contributed by atoms with Crippen molar-refractivity contribution in [1.82, 2.24) is 9.80 Å². The number of likely N-dealkylation sites (tertiary alicyclic amines) is 1. The van der Waals surface area contributed by atoms with Crippen LogP contribution in [0.5, 0.6) is 0 Å². The van der Waals surface area contributed by atoms with E-state index in [1.54, 1.807) is 16.7 Å². The van der Waals surface area contributed by atoms with E-state index in [1.165, 1.54) is 6.08 Å². The molecule has 2 fully saturated rings. The quantitative estimate of drug-likeness (QED) is 0.463. The van der Waals surface area contributed by atoms with E-state index in [0.717, 1.165) is 5.57 Å². The number of esters is 1. The minimum Gasteiger partial charge on any atom is -0.461 e. The molecule has 3 atom stereocenters. The fraction of sp³-hybridized carbons (Fsp3) is 0.682. The summed E-state index contributed by atoms with van der Waals surface area (Å²) in [5.74, 6) is -0.844. The molecule has 2 saturated heterocycles. The summed E-state index contributed by atoms with van der Waals surface area (Å²) in [5.41, 5.74) is 0.279. The molecule has 0 spiro atoms. The molecular formula is C22H34N2O6. The molecule has 0 aromatic rings. The van der Waals surface area contributed by atoms with Crippen LogP contribution in [0.3, 0.4) is 0 Å². The number of hydrogen-bond acceptors (Lipinski definition) is 6. The lowest BCUT2D eigenvalue weighted by atomic mass is 10.0. The van der Waals surface area contributed by atoms with E-state index in [0.29, 0.717) is 32.5 Å². The van der Waals surface area contributed by atoms with Gasteiger partial charge in [0.1, 0.15) is 12.2 Å². The van der Waals surface area contributed by atoms with Crippen LogP contribution in [0.2, 0.25) is 0 Å². The second-order valence-electron chi connectivity index (χ2n) is 8.84. The van der Waals surface area contributed by atoms with E-state index in [4.69, 9.17) is 14.2 Å². The minimum atomic E-state index is -0.617. The van der Waals surface area contributed by atoms with Crippen molar-refractivity contribution in [3.05, 3.63) is 24.8 Å². The van der Waals surface area contributed by atoms with Gasteiger partial charge in [-0.3, -0.25) is 14.5 Å². The van der Waals surface area contributed by atoms with Gasteiger partial charge in [0.25, 0.3) is 0 Å². The number of hydrogen-bond donors (Lipinski definition) is 0. The highest BCUT2D eigenvalue weighted by Crippen LogP contribution is 2.31. The smallest absolute Gasteiger partial charge is 0.410 e. The first-order valence-electron chi connectivity index (χ1n) is 10.4. The summed E-state index contributed by atoms with van der Waals surface area (Å²) in [6.07, 6.45) is 1.65. The molecule has 2 heterocycles. The Morgan fingerprint density at radius 1 is 1.30 bits per heavy atom. The van der Waals surface area contributed by atoms with Gasteiger partial charge in [-0.2, -0.15) is 0 Å². The molecular weight excluding hydrogens is 388 g/mol. The number of nitrogens with zero attached hydrogens (tertiary/aromatic N) is 2. The Labute approximate surface area is 178 Å². The number of carbonyl (C=O) groups excluding carboxylic acids is 3. The fourth-order valence-electron chi connectivity index (χ4n) is 3.56. The molecule has 168 valence electrons. The zero-order chi connectivity index (χ0) is 22.5. The lowest BCUT2D eigenvalue weighted by molar-refractivity contribution is -0.147. The Balaban J connectivity index is 2.00. The molecule has 0 aliphatic carbocycles. The van der Waals surface area contributed by atoms with E-state index in [1.807, 2.05) is 20.8 Å². The van der Waals surface area contributed by atoms with Crippen molar-refractivity contribution in [3.63, 3.8) is 0 Å². The fourth-order valence-corrected chi connectivity index (χ4v) is 3.56. The van der Waals surface area contributed by atoms with Gasteiger partial charge in [-0.1, -0.05) is 31.7 Å². The highest BCUT2D eigenvalue weighted by molar-refractivity contribution is 5.78. The molecule has 0 aromatic heterocycles. The van der Waals surface area contributed by atoms with Crippen LogP contribution in [0.1, 0.15) is 47.0 Å². The lowest BCUT2D eigenvalue weighted by Gasteiger charge is -2.34. The highest BCUT2D eigenvalue weighted by atomic mass is 16.6. The first-order chi connectivity index (χ1) is 14.0. The molecule has 30 heavy (non-hydrogen) atoms. The molecule has 8 nitrogen and oxygen atoms in total. The zero-order valence-electron chi connectivity index (χ0n) is 18.5. The molecule has 0 radical (unpaired) electrons. The Kier molecular flexibility index (Phi) is 8.06. The molecule has 1 unspecified atom stereocenters. The van der Waals surface area contributed by atoms with E-state index in [2.05, 4.69) is 13.2 Å². The van der Waals surface area contributed by atoms with Gasteiger partial charge in [0.05, 0.1) is 18.6 Å². The third-order valence-electron chi connectivity index (χ3n) is 5.03. The van der Waals surface area contributed by atoms with Crippen molar-refractivity contribution in [2.24, 2.45) is 5.92 Å². The third-order valence-corrected chi connectivity index (χ3v) is 5.03. The van der Waals surface area contributed by atoms with Crippen LogP contribution in [-0.2, 0) is 23.8 Å². The molecule has 2 rings (SSSR count). The van der Waals surface area contributed by atoms with Gasteiger partial charge >= 0.3 is 12.1 Å². The Bertz CT molecular complexity index is 684. The van der Waals surface area contributed by atoms with Crippen molar-refractivity contribution in [2.45, 2.75) is 64.8 Å². The summed E-state index contributed by atoms with van der Waals surface area (Å²) in [6, 6.07) is -0.339. The number of carbonyl (C=O) groups is 3. The van der Waals surface area contributed by atoms with E-state index < -0.39 is 17.9 Å². The van der Waals surface area contributed by atoms with Gasteiger partial charge in [-0.15, -0.1) is 0 Å². The van der Waals surface area contributed by atoms with Crippen LogP contribution in [0.25, 0.3) is 0 Å². The van der Waals surface area contributed by atoms with Crippen LogP contribution in [-0.4, -0.2) is 71.9 Å². The van der Waals surface area contributed by atoms with Crippen LogP contribution in [0.15, 0.2) is 24.8 Å². The van der Waals surface area contributed by atoms with Gasteiger partial charge in [0.15, 0.2) is 6.23 Å². The van der Waals surface area contributed by atoms with Gasteiger partial charge in [-0.25, -0.2) is 4.79 Å². The number of rotatable bonds is 7. The average molecular weight is 423 g/mol. The summed E-state index contributed by atoms with van der Waals surface area (Å²) in [5, 5.41) is 0. The predicted molar refractivity (Wildman–Crippen MR) is 111 cm³/mol. The van der Waals surface area contributed by atoms with Gasteiger partial charge in [0, 0.05) is 19.5 Å². The number of amides is 2. The molecule has 0 N–H and O–H groups in total. The van der Waals surface area contributed by atoms with Crippen molar-refractivity contribution >= 4 is 18.0 Å². The Morgan fingerprint density at radius 2 is 2.00 bits per heavy atom. The van der Waals surface area contributed by atoms with Crippen LogP contribution in [0.4, 0.5) is 4.79 Å². The topological polar surface area (TPSA) is 85.4 Å². The highest BCUT2D eigenvalue weighted by Gasteiger charge is 2.44. The van der Waals surface area contributed by atoms with E-state index in [-0.39, 0.29) is 36.9 Å². The molecule has 2 amide bonds. The number of ether oxygens (including phenoxy) is 3. The van der Waals surface area contributed by atoms with Crippen LogP contribution < -0.4 is 0 Å². The van der Waals surface area contributed by atoms with Crippen LogP contribution in [0, 0.1) is 5.92 Å². The maximum absolute atomic E-state index is 12.9. The van der Waals surface area contributed by atoms with E-state index in [9.17, 15) is 14.4 Å². The van der Waals surface area contributed by atoms with Crippen molar-refractivity contribution in [3.8, 4) is 0 Å². The predicted octanol–water partition coefficient (Wildman–Crippen LogP) is 2.88. The normalized spacial score (nSPS) is 22.7. The lowest BCUT2D eigenvalue weighted by Crippen LogP contribution is -2.51. The van der Waals surface area contributed by atoms with Gasteiger partial charge in [0.2, 0.25) is 5.91 Å². The zero-order valence-corrected chi connectivity index (χ0v) is 18.5. The SMILES string of the molecule is C=CCOC(=O)[C@@H](C)CCC(=O)N1CCOC1[C@@H]1CC(=C)CN1C(=O)OC(C)(C)C. The second kappa shape index (κ2) is 10.1. The summed E-state index contributed by atoms with van der Waals surface area (Å²) in [7, 11) is 0. The Morgan fingerprint density at radius 3 is 2.63 bits per heavy atom. The van der Waals surface area contributed by atoms with Crippen molar-refractivity contribution < 1.29 is 28.6 Å². The summed E-state index contributed by atoms with van der Waals surface area (Å²) in [6.45, 7) is 16.1. The molecule has 0 aromatic carbocycles. The maximum Gasteiger partial charge on any atom is 0.410 e. The second-order valence-corrected chi connectivity index (χ2v) is 8.84. The Hall–Kier alpha value is -2.35. The summed E-state index contributed by atoms with van der Waals surface area (Å²) < 4.78 is 16.4. The first-order valence-corrected chi connectivity index (χ1v) is 10.4. The molecule has 8 heteroatoms. The summed E-state index contributed by atoms with van der Waals surface area (Å²) >= 11 is 0. The largest absolute Gasteiger partial charge is 0.461 e. The minimum absolute atomic E-state index is 0.109. The van der Waals surface area contributed by atoms with Crippen molar-refractivity contribution in [1.29, 1.82) is 0 Å². The van der Waals surface area contributed by atoms with Crippen LogP contribution >= 0.6 is 0 Å².